The van der Waals surface area contributed by atoms with E-state index >= 15 is 0 Å². The molecule has 0 aromatic heterocycles. The minimum absolute atomic E-state index is 0.160. The summed E-state index contributed by atoms with van der Waals surface area (Å²) in [5.41, 5.74) is 0.371. The zero-order chi connectivity index (χ0) is 21.3. The van der Waals surface area contributed by atoms with Crippen molar-refractivity contribution in [1.29, 1.82) is 0 Å². The van der Waals surface area contributed by atoms with Gasteiger partial charge in [-0.25, -0.2) is 0 Å². The van der Waals surface area contributed by atoms with Crippen LogP contribution in [0.2, 0.25) is 0 Å². The molecular weight excluding hydrogens is 382 g/mol. The van der Waals surface area contributed by atoms with Crippen LogP contribution in [0.4, 0.5) is 5.69 Å². The molecule has 0 bridgehead atoms. The zero-order valence-electron chi connectivity index (χ0n) is 16.8. The lowest BCUT2D eigenvalue weighted by Crippen LogP contribution is -2.70. The molecule has 0 spiro atoms. The van der Waals surface area contributed by atoms with Crippen LogP contribution in [0.3, 0.4) is 0 Å². The molecule has 154 valence electrons. The zero-order valence-corrected chi connectivity index (χ0v) is 16.8. The van der Waals surface area contributed by atoms with E-state index < -0.39 is 5.66 Å². The van der Waals surface area contributed by atoms with Crippen LogP contribution < -0.4 is 15.0 Å². The molecule has 1 fully saturated rings. The lowest BCUT2D eigenvalue weighted by atomic mass is 9.95. The molecule has 1 saturated heterocycles. The molecule has 1 N–H and O–H groups in total. The average molecular weight is 405 g/mol. The molecular formula is C23H23N3O4. The number of para-hydroxylation sites is 1. The van der Waals surface area contributed by atoms with Crippen LogP contribution in [0.25, 0.3) is 0 Å². The Labute approximate surface area is 174 Å². The fraction of sp³-hybridized carbons (Fsp3) is 0.261. The molecule has 2 heterocycles. The van der Waals surface area contributed by atoms with Gasteiger partial charge >= 0.3 is 0 Å². The molecule has 4 rings (SSSR count). The Kier molecular flexibility index (Phi) is 5.03. The first-order valence-corrected chi connectivity index (χ1v) is 9.79. The van der Waals surface area contributed by atoms with E-state index in [0.29, 0.717) is 11.3 Å². The van der Waals surface area contributed by atoms with Crippen LogP contribution in [-0.2, 0) is 16.1 Å². The van der Waals surface area contributed by atoms with E-state index in [0.717, 1.165) is 11.3 Å². The Morgan fingerprint density at radius 1 is 1.20 bits per heavy atom. The summed E-state index contributed by atoms with van der Waals surface area (Å²) in [6.45, 7) is 4.17. The van der Waals surface area contributed by atoms with Crippen LogP contribution >= 0.6 is 0 Å². The quantitative estimate of drug-likeness (QED) is 0.749. The van der Waals surface area contributed by atoms with Crippen LogP contribution in [-0.4, -0.2) is 41.9 Å². The van der Waals surface area contributed by atoms with Gasteiger partial charge in [0.05, 0.1) is 18.4 Å². The Hall–Kier alpha value is -3.61. The molecule has 2 aromatic carbocycles. The molecule has 3 amide bonds. The molecule has 0 unspecified atom stereocenters. The first-order valence-electron chi connectivity index (χ1n) is 9.79. The lowest BCUT2D eigenvalue weighted by Gasteiger charge is -2.48. The number of fused-ring (bicyclic) bond motifs is 3. The number of hydrogen-bond acceptors (Lipinski definition) is 4. The normalized spacial score (nSPS) is 19.9. The smallest absolute Gasteiger partial charge is 0.267 e. The first kappa shape index (κ1) is 19.7. The minimum Gasteiger partial charge on any atom is -0.497 e. The van der Waals surface area contributed by atoms with Gasteiger partial charge in [-0.05, 0) is 29.8 Å². The Bertz CT molecular complexity index is 1020. The second-order valence-electron chi connectivity index (χ2n) is 7.30. The number of carbonyl (C=O) groups is 3. The first-order chi connectivity index (χ1) is 14.5. The van der Waals surface area contributed by atoms with Crippen LogP contribution in [0.5, 0.6) is 5.75 Å². The van der Waals surface area contributed by atoms with Crippen molar-refractivity contribution in [1.82, 2.24) is 10.2 Å². The van der Waals surface area contributed by atoms with Gasteiger partial charge in [0.1, 0.15) is 5.75 Å². The van der Waals surface area contributed by atoms with E-state index in [-0.39, 0.29) is 43.7 Å². The highest BCUT2D eigenvalue weighted by molar-refractivity contribution is 6.16. The van der Waals surface area contributed by atoms with Crippen molar-refractivity contribution in [2.75, 3.05) is 18.6 Å². The summed E-state index contributed by atoms with van der Waals surface area (Å²) < 4.78 is 5.16. The van der Waals surface area contributed by atoms with E-state index in [2.05, 4.69) is 11.9 Å². The monoisotopic (exact) mass is 405 g/mol. The molecule has 2 aliphatic rings. The lowest BCUT2D eigenvalue weighted by molar-refractivity contribution is -0.133. The second-order valence-corrected chi connectivity index (χ2v) is 7.30. The van der Waals surface area contributed by atoms with E-state index in [4.69, 9.17) is 4.74 Å². The van der Waals surface area contributed by atoms with Crippen molar-refractivity contribution in [2.45, 2.75) is 25.0 Å². The molecule has 7 heteroatoms. The molecule has 0 saturated carbocycles. The van der Waals surface area contributed by atoms with Crippen molar-refractivity contribution >= 4 is 23.4 Å². The summed E-state index contributed by atoms with van der Waals surface area (Å²) >= 11 is 0. The van der Waals surface area contributed by atoms with Crippen LogP contribution in [0.1, 0.15) is 28.8 Å². The van der Waals surface area contributed by atoms with Crippen molar-refractivity contribution < 1.29 is 19.1 Å². The fourth-order valence-corrected chi connectivity index (χ4v) is 4.23. The average Bonchev–Trinajstić information content (AvgIpc) is 3.13. The Morgan fingerprint density at radius 2 is 1.93 bits per heavy atom. The third-order valence-corrected chi connectivity index (χ3v) is 5.66. The third-order valence-electron chi connectivity index (χ3n) is 5.66. The van der Waals surface area contributed by atoms with Crippen molar-refractivity contribution in [3.63, 3.8) is 0 Å². The number of hydrogen-bond donors (Lipinski definition) is 1. The molecule has 7 nitrogen and oxygen atoms in total. The van der Waals surface area contributed by atoms with Gasteiger partial charge in [-0.2, -0.15) is 0 Å². The largest absolute Gasteiger partial charge is 0.497 e. The maximum absolute atomic E-state index is 13.5. The molecule has 1 atom stereocenters. The Balaban J connectivity index is 1.70. The summed E-state index contributed by atoms with van der Waals surface area (Å²) in [5, 5.41) is 2.93. The van der Waals surface area contributed by atoms with Gasteiger partial charge in [0.2, 0.25) is 11.6 Å². The number of nitrogens with zero attached hydrogens (tertiary/aromatic N) is 2. The summed E-state index contributed by atoms with van der Waals surface area (Å²) in [6, 6.07) is 14.3. The standard InChI is InChI=1S/C23H23N3O4/c1-3-14-25-21(28)18-6-4-5-7-19(18)26-20(27)12-13-23(25,26)22(29)24-15-16-8-10-17(30-2)11-9-16/h3-11H,1,12-15H2,2H3,(H,24,29)/t23-/m1/s1. The van der Waals surface area contributed by atoms with Gasteiger partial charge in [-0.1, -0.05) is 30.3 Å². The van der Waals surface area contributed by atoms with E-state index in [1.54, 1.807) is 37.5 Å². The fourth-order valence-electron chi connectivity index (χ4n) is 4.23. The minimum atomic E-state index is -1.40. The van der Waals surface area contributed by atoms with Crippen molar-refractivity contribution in [3.8, 4) is 5.75 Å². The summed E-state index contributed by atoms with van der Waals surface area (Å²) in [6.07, 6.45) is 1.99. The Morgan fingerprint density at radius 3 is 2.63 bits per heavy atom. The number of benzene rings is 2. The molecule has 0 radical (unpaired) electrons. The summed E-state index contributed by atoms with van der Waals surface area (Å²) in [7, 11) is 1.59. The van der Waals surface area contributed by atoms with Gasteiger partial charge in [0, 0.05) is 25.9 Å². The molecule has 2 aromatic rings. The maximum Gasteiger partial charge on any atom is 0.267 e. The highest BCUT2D eigenvalue weighted by Gasteiger charge is 2.60. The number of rotatable bonds is 6. The van der Waals surface area contributed by atoms with Crippen LogP contribution in [0, 0.1) is 0 Å². The van der Waals surface area contributed by atoms with Gasteiger partial charge < -0.3 is 15.0 Å². The third kappa shape index (κ3) is 2.94. The highest BCUT2D eigenvalue weighted by atomic mass is 16.5. The van der Waals surface area contributed by atoms with Gasteiger partial charge in [0.25, 0.3) is 11.8 Å². The predicted octanol–water partition coefficient (Wildman–Crippen LogP) is 2.48. The predicted molar refractivity (Wildman–Crippen MR) is 112 cm³/mol. The number of nitrogens with one attached hydrogen (secondary N) is 1. The molecule has 0 aliphatic carbocycles. The van der Waals surface area contributed by atoms with Crippen molar-refractivity contribution in [2.24, 2.45) is 0 Å². The number of carbonyl (C=O) groups excluding carboxylic acids is 3. The van der Waals surface area contributed by atoms with E-state index in [1.165, 1.54) is 9.80 Å². The topological polar surface area (TPSA) is 79.0 Å². The van der Waals surface area contributed by atoms with Gasteiger partial charge in [0.15, 0.2) is 0 Å². The number of amides is 3. The number of ether oxygens (including phenoxy) is 1. The summed E-state index contributed by atoms with van der Waals surface area (Å²) in [5.74, 6) is -0.114. The van der Waals surface area contributed by atoms with E-state index in [1.807, 2.05) is 24.3 Å². The highest BCUT2D eigenvalue weighted by Crippen LogP contribution is 2.44. The maximum atomic E-state index is 13.5. The number of anilines is 1. The molecule has 30 heavy (non-hydrogen) atoms. The molecule has 2 aliphatic heterocycles. The van der Waals surface area contributed by atoms with Crippen LogP contribution in [0.15, 0.2) is 61.2 Å². The number of methoxy groups -OCH3 is 1. The van der Waals surface area contributed by atoms with Gasteiger partial charge in [-0.3, -0.25) is 19.3 Å². The summed E-state index contributed by atoms with van der Waals surface area (Å²) in [4.78, 5) is 42.6. The van der Waals surface area contributed by atoms with Crippen molar-refractivity contribution in [3.05, 3.63) is 72.3 Å². The van der Waals surface area contributed by atoms with E-state index in [9.17, 15) is 14.4 Å². The van der Waals surface area contributed by atoms with Gasteiger partial charge in [-0.15, -0.1) is 6.58 Å². The second kappa shape index (κ2) is 7.67. The SMILES string of the molecule is C=CCN1C(=O)c2ccccc2N2C(=O)CC[C@@]12C(=O)NCc1ccc(OC)cc1.